The van der Waals surface area contributed by atoms with Gasteiger partial charge in [0.1, 0.15) is 28.6 Å². The maximum atomic E-state index is 16.8. The number of aliphatic hydroxyl groups is 1. The molecule has 0 radical (unpaired) electrons. The van der Waals surface area contributed by atoms with Crippen LogP contribution in [-0.2, 0) is 4.74 Å². The zero-order valence-corrected chi connectivity index (χ0v) is 25.8. The molecule has 11 heteroatoms. The lowest BCUT2D eigenvalue weighted by molar-refractivity contribution is 0.0133. The summed E-state index contributed by atoms with van der Waals surface area (Å²) in [6.07, 6.45) is 12.6. The highest BCUT2D eigenvalue weighted by Gasteiger charge is 2.47. The summed E-state index contributed by atoms with van der Waals surface area (Å²) >= 11 is 0. The fourth-order valence-corrected chi connectivity index (χ4v) is 7.84. The van der Waals surface area contributed by atoms with Crippen LogP contribution in [0.15, 0.2) is 30.5 Å². The standard InChI is InChI=1S/C35H37F2N5O4/c1-3-24-27(36)8-7-22-14-23(44)15-25(29(22)24)31-30(37)32-26(16-38-31)33(42-12-13-45-19-21(17-42)18-43)40-34(39-32)46-20-35-9-4-6-28(35)41(2)11-5-10-35/h1,7-8,14-16,21,28,43-44H,4-6,9-13,17-20H2,2H3. The van der Waals surface area contributed by atoms with Gasteiger partial charge in [0.05, 0.1) is 30.8 Å². The van der Waals surface area contributed by atoms with Crippen molar-refractivity contribution in [1.82, 2.24) is 19.9 Å². The average molecular weight is 630 g/mol. The van der Waals surface area contributed by atoms with Gasteiger partial charge < -0.3 is 29.5 Å². The van der Waals surface area contributed by atoms with Gasteiger partial charge in [-0.05, 0) is 62.9 Å². The minimum absolute atomic E-state index is 0.0212. The van der Waals surface area contributed by atoms with E-state index in [1.807, 2.05) is 4.90 Å². The van der Waals surface area contributed by atoms with E-state index in [1.165, 1.54) is 30.5 Å². The fourth-order valence-electron chi connectivity index (χ4n) is 7.84. The molecule has 3 atom stereocenters. The molecule has 0 amide bonds. The Labute approximate surface area is 266 Å². The van der Waals surface area contributed by atoms with Crippen molar-refractivity contribution in [3.05, 3.63) is 47.7 Å². The molecule has 2 aromatic carbocycles. The monoisotopic (exact) mass is 629 g/mol. The predicted octanol–water partition coefficient (Wildman–Crippen LogP) is 4.90. The molecule has 3 aliphatic rings. The Balaban J connectivity index is 1.38. The first-order valence-electron chi connectivity index (χ1n) is 15.9. The maximum Gasteiger partial charge on any atom is 0.319 e. The van der Waals surface area contributed by atoms with Crippen LogP contribution >= 0.6 is 0 Å². The van der Waals surface area contributed by atoms with Crippen LogP contribution in [0.4, 0.5) is 14.6 Å². The van der Waals surface area contributed by atoms with Gasteiger partial charge in [-0.3, -0.25) is 4.98 Å². The molecular weight excluding hydrogens is 592 g/mol. The van der Waals surface area contributed by atoms with E-state index in [4.69, 9.17) is 20.9 Å². The van der Waals surface area contributed by atoms with Crippen LogP contribution in [-0.4, -0.2) is 89.2 Å². The molecule has 0 spiro atoms. The number of pyridine rings is 1. The van der Waals surface area contributed by atoms with E-state index >= 15 is 4.39 Å². The zero-order chi connectivity index (χ0) is 32.0. The topological polar surface area (TPSA) is 104 Å². The molecule has 3 fully saturated rings. The van der Waals surface area contributed by atoms with E-state index in [0.717, 1.165) is 38.6 Å². The van der Waals surface area contributed by atoms with Crippen LogP contribution in [0.5, 0.6) is 11.8 Å². The Morgan fingerprint density at radius 1 is 1.17 bits per heavy atom. The molecule has 46 heavy (non-hydrogen) atoms. The number of anilines is 1. The number of nitrogens with zero attached hydrogens (tertiary/aromatic N) is 5. The lowest BCUT2D eigenvalue weighted by atomic mass is 9.76. The Morgan fingerprint density at radius 3 is 2.85 bits per heavy atom. The van der Waals surface area contributed by atoms with Crippen LogP contribution in [0.1, 0.15) is 37.7 Å². The number of phenolic OH excluding ortho intramolecular Hbond substituents is 1. The number of aromatic hydroxyl groups is 1. The summed E-state index contributed by atoms with van der Waals surface area (Å²) in [4.78, 5) is 18.3. The molecular formula is C35H37F2N5O4. The lowest BCUT2D eigenvalue weighted by Gasteiger charge is -2.44. The first-order valence-corrected chi connectivity index (χ1v) is 15.9. The van der Waals surface area contributed by atoms with E-state index in [0.29, 0.717) is 55.5 Å². The van der Waals surface area contributed by atoms with E-state index in [1.54, 1.807) is 0 Å². The van der Waals surface area contributed by atoms with Crippen molar-refractivity contribution in [1.29, 1.82) is 0 Å². The third kappa shape index (κ3) is 5.28. The maximum absolute atomic E-state index is 16.8. The molecule has 4 heterocycles. The van der Waals surface area contributed by atoms with Gasteiger partial charge in [-0.1, -0.05) is 18.4 Å². The Hall–Kier alpha value is -4.11. The minimum Gasteiger partial charge on any atom is -0.508 e. The van der Waals surface area contributed by atoms with Crippen molar-refractivity contribution >= 4 is 27.5 Å². The minimum atomic E-state index is -0.774. The number of fused-ring (bicyclic) bond motifs is 3. The number of piperidine rings is 1. The second-order valence-corrected chi connectivity index (χ2v) is 12.9. The third-order valence-corrected chi connectivity index (χ3v) is 10.1. The lowest BCUT2D eigenvalue weighted by Crippen LogP contribution is -2.50. The van der Waals surface area contributed by atoms with E-state index < -0.39 is 11.6 Å². The van der Waals surface area contributed by atoms with Gasteiger partial charge in [-0.15, -0.1) is 6.42 Å². The predicted molar refractivity (Wildman–Crippen MR) is 171 cm³/mol. The molecule has 7 rings (SSSR count). The van der Waals surface area contributed by atoms with Gasteiger partial charge in [0.2, 0.25) is 0 Å². The smallest absolute Gasteiger partial charge is 0.319 e. The number of phenols is 1. The molecule has 9 nitrogen and oxygen atoms in total. The number of aliphatic hydroxyl groups excluding tert-OH is 1. The average Bonchev–Trinajstić information content (AvgIpc) is 3.35. The quantitative estimate of drug-likeness (QED) is 0.289. The summed E-state index contributed by atoms with van der Waals surface area (Å²) in [5, 5.41) is 21.6. The Morgan fingerprint density at radius 2 is 2.02 bits per heavy atom. The highest BCUT2D eigenvalue weighted by molar-refractivity contribution is 6.03. The van der Waals surface area contributed by atoms with E-state index in [2.05, 4.69) is 27.8 Å². The van der Waals surface area contributed by atoms with Gasteiger partial charge in [-0.2, -0.15) is 9.97 Å². The van der Waals surface area contributed by atoms with Crippen LogP contribution in [0.2, 0.25) is 0 Å². The van der Waals surface area contributed by atoms with Gasteiger partial charge >= 0.3 is 6.01 Å². The van der Waals surface area contributed by atoms with Crippen molar-refractivity contribution in [2.45, 2.75) is 38.1 Å². The van der Waals surface area contributed by atoms with Gasteiger partial charge in [-0.25, -0.2) is 8.78 Å². The molecule has 1 aliphatic carbocycles. The van der Waals surface area contributed by atoms with Crippen molar-refractivity contribution in [2.75, 3.05) is 58.0 Å². The van der Waals surface area contributed by atoms with Gasteiger partial charge in [0, 0.05) is 54.2 Å². The zero-order valence-electron chi connectivity index (χ0n) is 25.8. The molecule has 2 saturated heterocycles. The second-order valence-electron chi connectivity index (χ2n) is 12.9. The van der Waals surface area contributed by atoms with Crippen molar-refractivity contribution < 1.29 is 28.5 Å². The highest BCUT2D eigenvalue weighted by atomic mass is 19.1. The van der Waals surface area contributed by atoms with E-state index in [9.17, 15) is 14.6 Å². The number of hydrogen-bond donors (Lipinski definition) is 2. The molecule has 4 aromatic rings. The largest absolute Gasteiger partial charge is 0.508 e. The molecule has 0 bridgehead atoms. The summed E-state index contributed by atoms with van der Waals surface area (Å²) in [7, 11) is 2.17. The summed E-state index contributed by atoms with van der Waals surface area (Å²) in [5.74, 6) is 1.08. The van der Waals surface area contributed by atoms with E-state index in [-0.39, 0.29) is 57.4 Å². The van der Waals surface area contributed by atoms with Gasteiger partial charge in [0.25, 0.3) is 0 Å². The molecule has 1 saturated carbocycles. The summed E-state index contributed by atoms with van der Waals surface area (Å²) < 4.78 is 43.8. The Kier molecular flexibility index (Phi) is 8.13. The number of likely N-dealkylation sites (tertiary alicyclic amines) is 1. The fraction of sp³-hybridized carbons (Fsp3) is 0.457. The first-order chi connectivity index (χ1) is 22.3. The number of terminal acetylenes is 1. The summed E-state index contributed by atoms with van der Waals surface area (Å²) in [6, 6.07) is 5.94. The second kappa shape index (κ2) is 12.2. The third-order valence-electron chi connectivity index (χ3n) is 10.1. The number of halogens is 2. The summed E-state index contributed by atoms with van der Waals surface area (Å²) in [6.45, 7) is 3.09. The molecule has 2 N–H and O–H groups in total. The van der Waals surface area contributed by atoms with Crippen LogP contribution < -0.4 is 9.64 Å². The van der Waals surface area contributed by atoms with Crippen LogP contribution in [0.3, 0.4) is 0 Å². The van der Waals surface area contributed by atoms with Crippen LogP contribution in [0.25, 0.3) is 32.9 Å². The SMILES string of the molecule is C#Cc1c(F)ccc2cc(O)cc(-c3ncc4c(N5CCOCC(CO)C5)nc(OCC56CCCC5N(C)CCC6)nc4c3F)c12. The Bertz CT molecular complexity index is 1850. The van der Waals surface area contributed by atoms with Crippen molar-refractivity contribution in [3.63, 3.8) is 0 Å². The van der Waals surface area contributed by atoms with Crippen molar-refractivity contribution in [2.24, 2.45) is 11.3 Å². The normalized spacial score (nSPS) is 23.8. The molecule has 3 unspecified atom stereocenters. The summed E-state index contributed by atoms with van der Waals surface area (Å²) in [5.41, 5.74) is -0.0919. The van der Waals surface area contributed by atoms with Crippen LogP contribution in [0, 0.1) is 35.3 Å². The van der Waals surface area contributed by atoms with Crippen molar-refractivity contribution in [3.8, 4) is 35.4 Å². The van der Waals surface area contributed by atoms with Gasteiger partial charge in [0.15, 0.2) is 5.82 Å². The number of aromatic nitrogens is 3. The number of ether oxygens (including phenoxy) is 2. The molecule has 240 valence electrons. The molecule has 2 aromatic heterocycles. The number of hydrogen-bond acceptors (Lipinski definition) is 9. The highest BCUT2D eigenvalue weighted by Crippen LogP contribution is 2.47. The molecule has 2 aliphatic heterocycles. The number of benzene rings is 2. The number of rotatable bonds is 6. The first kappa shape index (κ1) is 30.5.